The molecule has 0 saturated heterocycles. The third kappa shape index (κ3) is 5.71. The molecule has 2 amide bonds. The number of hydrogen-bond acceptors (Lipinski definition) is 6. The lowest BCUT2D eigenvalue weighted by molar-refractivity contribution is -0.143. The average Bonchev–Trinajstić information content (AvgIpc) is 2.79. The lowest BCUT2D eigenvalue weighted by Crippen LogP contribution is -2.46. The van der Waals surface area contributed by atoms with Gasteiger partial charge >= 0.3 is 18.0 Å². The molecule has 3 rings (SSSR count). The zero-order valence-electron chi connectivity index (χ0n) is 19.1. The zero-order chi connectivity index (χ0) is 24.0. The molecule has 0 bridgehead atoms. The van der Waals surface area contributed by atoms with Crippen molar-refractivity contribution in [3.05, 3.63) is 70.9 Å². The van der Waals surface area contributed by atoms with Crippen molar-refractivity contribution in [3.8, 4) is 11.5 Å². The molecule has 1 aliphatic rings. The number of ether oxygens (including phenoxy) is 3. The van der Waals surface area contributed by atoms with Gasteiger partial charge in [-0.1, -0.05) is 37.6 Å². The van der Waals surface area contributed by atoms with Gasteiger partial charge in [0, 0.05) is 5.70 Å². The summed E-state index contributed by atoms with van der Waals surface area (Å²) < 4.78 is 16.4. The van der Waals surface area contributed by atoms with E-state index < -0.39 is 24.0 Å². The SMILES string of the molecule is CCCC1=C(C(=O)OC(C)C)C(c2ccc(OC(=O)c3ccccc3)c(OC)c2)NC(=O)N1. The van der Waals surface area contributed by atoms with E-state index in [1.807, 2.05) is 13.0 Å². The van der Waals surface area contributed by atoms with E-state index in [9.17, 15) is 14.4 Å². The molecular weight excluding hydrogens is 424 g/mol. The molecule has 8 heteroatoms. The Kier molecular flexibility index (Phi) is 7.71. The Hall–Kier alpha value is -3.81. The largest absolute Gasteiger partial charge is 0.493 e. The van der Waals surface area contributed by atoms with Crippen LogP contribution in [0.4, 0.5) is 4.79 Å². The van der Waals surface area contributed by atoms with Crippen LogP contribution in [0.5, 0.6) is 11.5 Å². The van der Waals surface area contributed by atoms with Gasteiger partial charge in [-0.05, 0) is 50.1 Å². The summed E-state index contributed by atoms with van der Waals surface area (Å²) in [7, 11) is 1.45. The lowest BCUT2D eigenvalue weighted by atomic mass is 9.93. The number of allylic oxidation sites excluding steroid dienone is 1. The van der Waals surface area contributed by atoms with Gasteiger partial charge in [0.25, 0.3) is 0 Å². The number of rotatable bonds is 8. The van der Waals surface area contributed by atoms with Crippen LogP contribution in [-0.2, 0) is 9.53 Å². The third-order valence-corrected chi connectivity index (χ3v) is 4.95. The standard InChI is InChI=1S/C25H28N2O6/c1-5-9-18-21(24(29)32-15(2)3)22(27-25(30)26-18)17-12-13-19(20(14-17)31-4)33-23(28)16-10-7-6-8-11-16/h6-8,10-15,22H,5,9H2,1-4H3,(H2,26,27,30). The number of methoxy groups -OCH3 is 1. The molecular formula is C25H28N2O6. The maximum Gasteiger partial charge on any atom is 0.343 e. The Balaban J connectivity index is 1.97. The van der Waals surface area contributed by atoms with Gasteiger partial charge in [-0.2, -0.15) is 0 Å². The molecule has 0 aliphatic carbocycles. The molecule has 2 N–H and O–H groups in total. The van der Waals surface area contributed by atoms with Crippen LogP contribution in [0.3, 0.4) is 0 Å². The van der Waals surface area contributed by atoms with Crippen molar-refractivity contribution < 1.29 is 28.6 Å². The molecule has 0 saturated carbocycles. The van der Waals surface area contributed by atoms with Crippen molar-refractivity contribution in [2.45, 2.75) is 45.8 Å². The molecule has 0 spiro atoms. The first-order valence-corrected chi connectivity index (χ1v) is 10.8. The highest BCUT2D eigenvalue weighted by Crippen LogP contribution is 2.35. The maximum atomic E-state index is 12.9. The maximum absolute atomic E-state index is 12.9. The number of benzene rings is 2. The van der Waals surface area contributed by atoms with Gasteiger partial charge in [0.15, 0.2) is 11.5 Å². The number of carbonyl (C=O) groups is 3. The van der Waals surface area contributed by atoms with Crippen LogP contribution < -0.4 is 20.1 Å². The third-order valence-electron chi connectivity index (χ3n) is 4.95. The number of esters is 2. The fraction of sp³-hybridized carbons (Fsp3) is 0.320. The van der Waals surface area contributed by atoms with Gasteiger partial charge in [0.2, 0.25) is 0 Å². The molecule has 33 heavy (non-hydrogen) atoms. The fourth-order valence-electron chi connectivity index (χ4n) is 3.51. The quantitative estimate of drug-likeness (QED) is 0.458. The molecule has 0 aromatic heterocycles. The van der Waals surface area contributed by atoms with E-state index in [1.165, 1.54) is 7.11 Å². The van der Waals surface area contributed by atoms with Crippen molar-refractivity contribution in [1.29, 1.82) is 0 Å². The van der Waals surface area contributed by atoms with Gasteiger partial charge in [-0.3, -0.25) is 0 Å². The minimum absolute atomic E-state index is 0.222. The molecule has 8 nitrogen and oxygen atoms in total. The first kappa shape index (κ1) is 23.8. The van der Waals surface area contributed by atoms with Crippen molar-refractivity contribution in [2.24, 2.45) is 0 Å². The van der Waals surface area contributed by atoms with Gasteiger partial charge < -0.3 is 24.8 Å². The molecule has 1 atom stereocenters. The Morgan fingerprint density at radius 1 is 1.03 bits per heavy atom. The number of carbonyl (C=O) groups excluding carboxylic acids is 3. The first-order chi connectivity index (χ1) is 15.8. The van der Waals surface area contributed by atoms with Crippen LogP contribution in [0.2, 0.25) is 0 Å². The summed E-state index contributed by atoms with van der Waals surface area (Å²) in [5, 5.41) is 5.52. The Bertz CT molecular complexity index is 1060. The van der Waals surface area contributed by atoms with Crippen molar-refractivity contribution in [2.75, 3.05) is 7.11 Å². The first-order valence-electron chi connectivity index (χ1n) is 10.8. The van der Waals surface area contributed by atoms with Gasteiger partial charge in [-0.15, -0.1) is 0 Å². The highest BCUT2D eigenvalue weighted by molar-refractivity contribution is 5.95. The molecule has 2 aromatic carbocycles. The molecule has 1 unspecified atom stereocenters. The van der Waals surface area contributed by atoms with E-state index >= 15 is 0 Å². The second-order valence-corrected chi connectivity index (χ2v) is 7.79. The summed E-state index contributed by atoms with van der Waals surface area (Å²) in [5.41, 5.74) is 1.85. The highest BCUT2D eigenvalue weighted by Gasteiger charge is 2.34. The van der Waals surface area contributed by atoms with Crippen LogP contribution >= 0.6 is 0 Å². The molecule has 1 aliphatic heterocycles. The minimum atomic E-state index is -0.751. The summed E-state index contributed by atoms with van der Waals surface area (Å²) in [6, 6.07) is 12.3. The second-order valence-electron chi connectivity index (χ2n) is 7.79. The zero-order valence-corrected chi connectivity index (χ0v) is 19.1. The molecule has 0 fully saturated rings. The van der Waals surface area contributed by atoms with Gasteiger partial charge in [0.05, 0.1) is 30.4 Å². The van der Waals surface area contributed by atoms with E-state index in [4.69, 9.17) is 14.2 Å². The van der Waals surface area contributed by atoms with Crippen LogP contribution in [0.1, 0.15) is 55.6 Å². The minimum Gasteiger partial charge on any atom is -0.493 e. The number of nitrogens with one attached hydrogen (secondary N) is 2. The predicted octanol–water partition coefficient (Wildman–Crippen LogP) is 4.27. The number of hydrogen-bond donors (Lipinski definition) is 2. The summed E-state index contributed by atoms with van der Waals surface area (Å²) in [6.07, 6.45) is 0.926. The highest BCUT2D eigenvalue weighted by atomic mass is 16.6. The Labute approximate surface area is 192 Å². The Morgan fingerprint density at radius 3 is 2.39 bits per heavy atom. The molecule has 0 radical (unpaired) electrons. The topological polar surface area (TPSA) is 103 Å². The summed E-state index contributed by atoms with van der Waals surface area (Å²) in [5.74, 6) is -0.523. The van der Waals surface area contributed by atoms with Gasteiger partial charge in [0.1, 0.15) is 0 Å². The second kappa shape index (κ2) is 10.7. The Morgan fingerprint density at radius 2 is 1.76 bits per heavy atom. The van der Waals surface area contributed by atoms with E-state index in [-0.39, 0.29) is 17.6 Å². The average molecular weight is 453 g/mol. The van der Waals surface area contributed by atoms with E-state index in [2.05, 4.69) is 10.6 Å². The van der Waals surface area contributed by atoms with Crippen LogP contribution in [-0.4, -0.2) is 31.2 Å². The predicted molar refractivity (Wildman–Crippen MR) is 122 cm³/mol. The van der Waals surface area contributed by atoms with Crippen LogP contribution in [0.25, 0.3) is 0 Å². The molecule has 174 valence electrons. The summed E-state index contributed by atoms with van der Waals surface area (Å²) in [6.45, 7) is 5.49. The van der Waals surface area contributed by atoms with Gasteiger partial charge in [-0.25, -0.2) is 14.4 Å². The normalized spacial score (nSPS) is 15.5. The van der Waals surface area contributed by atoms with Crippen LogP contribution in [0.15, 0.2) is 59.8 Å². The van der Waals surface area contributed by atoms with Crippen molar-refractivity contribution >= 4 is 18.0 Å². The van der Waals surface area contributed by atoms with Crippen molar-refractivity contribution in [3.63, 3.8) is 0 Å². The number of amides is 2. The van der Waals surface area contributed by atoms with Crippen molar-refractivity contribution in [1.82, 2.24) is 10.6 Å². The summed E-state index contributed by atoms with van der Waals surface area (Å²) in [4.78, 5) is 37.7. The monoisotopic (exact) mass is 452 g/mol. The number of urea groups is 1. The lowest BCUT2D eigenvalue weighted by Gasteiger charge is -2.30. The fourth-order valence-corrected chi connectivity index (χ4v) is 3.51. The van der Waals surface area contributed by atoms with E-state index in [1.54, 1.807) is 56.3 Å². The van der Waals surface area contributed by atoms with E-state index in [0.717, 1.165) is 6.42 Å². The molecule has 1 heterocycles. The molecule has 2 aromatic rings. The van der Waals surface area contributed by atoms with E-state index in [0.29, 0.717) is 28.8 Å². The smallest absolute Gasteiger partial charge is 0.343 e. The summed E-state index contributed by atoms with van der Waals surface area (Å²) >= 11 is 0. The van der Waals surface area contributed by atoms with Crippen LogP contribution in [0, 0.1) is 0 Å².